The molecule has 0 atom stereocenters. The number of hydrogen-bond donors (Lipinski definition) is 1. The van der Waals surface area contributed by atoms with Crippen LogP contribution >= 0.6 is 22.7 Å². The van der Waals surface area contributed by atoms with Crippen molar-refractivity contribution in [3.8, 4) is 10.6 Å². The number of piperidine rings is 1. The summed E-state index contributed by atoms with van der Waals surface area (Å²) in [6.45, 7) is 1.12. The topological polar surface area (TPSA) is 79.4 Å². The second-order valence-corrected chi connectivity index (χ2v) is 10.8. The molecule has 4 rings (SSSR count). The highest BCUT2D eigenvalue weighted by atomic mass is 32.2. The number of sulfonamides is 1. The van der Waals surface area contributed by atoms with Gasteiger partial charge in [-0.1, -0.05) is 36.4 Å². The fourth-order valence-electron chi connectivity index (χ4n) is 3.32. The van der Waals surface area contributed by atoms with Crippen LogP contribution in [0.2, 0.25) is 0 Å². The molecule has 3 heterocycles. The number of hydrogen-bond acceptors (Lipinski definition) is 6. The van der Waals surface area contributed by atoms with Gasteiger partial charge in [0.1, 0.15) is 9.22 Å². The molecule has 9 heteroatoms. The van der Waals surface area contributed by atoms with Crippen LogP contribution in [-0.4, -0.2) is 36.7 Å². The molecule has 1 N–H and O–H groups in total. The first-order valence-corrected chi connectivity index (χ1v) is 12.5. The van der Waals surface area contributed by atoms with Crippen LogP contribution in [0, 0.1) is 5.92 Å². The molecule has 1 saturated heterocycles. The SMILES string of the molecule is O=C(NCc1csc(-c2ccccc2)n1)C1CCN(S(=O)(=O)c2cccs2)CC1. The standard InChI is InChI=1S/C20H21N3O3S3/c24-19(21-13-17-14-28-20(22-17)16-5-2-1-3-6-16)15-8-10-23(11-9-15)29(25,26)18-7-4-12-27-18/h1-7,12,14-15H,8-11,13H2,(H,21,24). The Hall–Kier alpha value is -2.07. The summed E-state index contributed by atoms with van der Waals surface area (Å²) >= 11 is 2.78. The van der Waals surface area contributed by atoms with E-state index in [1.54, 1.807) is 28.8 Å². The van der Waals surface area contributed by atoms with E-state index >= 15 is 0 Å². The van der Waals surface area contributed by atoms with Gasteiger partial charge in [0.15, 0.2) is 0 Å². The normalized spacial score (nSPS) is 16.0. The van der Waals surface area contributed by atoms with Gasteiger partial charge in [-0.15, -0.1) is 22.7 Å². The summed E-state index contributed by atoms with van der Waals surface area (Å²) in [6.07, 6.45) is 1.06. The van der Waals surface area contributed by atoms with Crippen LogP contribution in [0.1, 0.15) is 18.5 Å². The zero-order valence-electron chi connectivity index (χ0n) is 15.7. The molecule has 0 bridgehead atoms. The van der Waals surface area contributed by atoms with Crippen molar-refractivity contribution in [1.29, 1.82) is 0 Å². The van der Waals surface area contributed by atoms with Crippen molar-refractivity contribution in [2.75, 3.05) is 13.1 Å². The number of carbonyl (C=O) groups excluding carboxylic acids is 1. The molecule has 0 spiro atoms. The Morgan fingerprint density at radius 1 is 1.10 bits per heavy atom. The summed E-state index contributed by atoms with van der Waals surface area (Å²) in [5, 5.41) is 7.60. The predicted octanol–water partition coefficient (Wildman–Crippen LogP) is 3.59. The van der Waals surface area contributed by atoms with E-state index in [9.17, 15) is 13.2 Å². The number of rotatable bonds is 6. The molecular weight excluding hydrogens is 426 g/mol. The van der Waals surface area contributed by atoms with E-state index in [0.29, 0.717) is 36.7 Å². The van der Waals surface area contributed by atoms with Gasteiger partial charge in [0.2, 0.25) is 5.91 Å². The van der Waals surface area contributed by atoms with Crippen molar-refractivity contribution >= 4 is 38.6 Å². The van der Waals surface area contributed by atoms with Gasteiger partial charge < -0.3 is 5.32 Å². The number of nitrogens with one attached hydrogen (secondary N) is 1. The van der Waals surface area contributed by atoms with Gasteiger partial charge in [-0.25, -0.2) is 13.4 Å². The van der Waals surface area contributed by atoms with Crippen molar-refractivity contribution in [3.05, 3.63) is 58.9 Å². The highest BCUT2D eigenvalue weighted by Crippen LogP contribution is 2.27. The second-order valence-electron chi connectivity index (χ2n) is 6.84. The molecule has 0 aliphatic carbocycles. The molecule has 0 unspecified atom stereocenters. The van der Waals surface area contributed by atoms with Gasteiger partial charge in [0, 0.05) is 30.0 Å². The van der Waals surface area contributed by atoms with Crippen molar-refractivity contribution in [1.82, 2.24) is 14.6 Å². The minimum absolute atomic E-state index is 0.0348. The molecule has 0 saturated carbocycles. The van der Waals surface area contributed by atoms with Crippen LogP contribution < -0.4 is 5.32 Å². The van der Waals surface area contributed by atoms with Crippen LogP contribution in [-0.2, 0) is 21.4 Å². The first kappa shape index (κ1) is 20.2. The third kappa shape index (κ3) is 4.58. The number of nitrogens with zero attached hydrogens (tertiary/aromatic N) is 2. The lowest BCUT2D eigenvalue weighted by atomic mass is 9.97. The average molecular weight is 448 g/mol. The van der Waals surface area contributed by atoms with Crippen LogP contribution in [0.3, 0.4) is 0 Å². The maximum atomic E-state index is 12.6. The lowest BCUT2D eigenvalue weighted by Crippen LogP contribution is -2.42. The molecular formula is C20H21N3O3S3. The van der Waals surface area contributed by atoms with Gasteiger partial charge in [-0.2, -0.15) is 4.31 Å². The van der Waals surface area contributed by atoms with E-state index in [-0.39, 0.29) is 11.8 Å². The highest BCUT2D eigenvalue weighted by Gasteiger charge is 2.32. The zero-order valence-corrected chi connectivity index (χ0v) is 18.1. The van der Waals surface area contributed by atoms with Crippen molar-refractivity contribution in [3.63, 3.8) is 0 Å². The third-order valence-electron chi connectivity index (χ3n) is 4.93. The predicted molar refractivity (Wildman–Crippen MR) is 115 cm³/mol. The van der Waals surface area contributed by atoms with Crippen molar-refractivity contribution in [2.45, 2.75) is 23.6 Å². The number of benzene rings is 1. The summed E-state index contributed by atoms with van der Waals surface area (Å²) in [7, 11) is -3.44. The number of amides is 1. The first-order valence-electron chi connectivity index (χ1n) is 9.35. The zero-order chi connectivity index (χ0) is 20.3. The molecule has 1 aliphatic rings. The Labute approximate surface area is 178 Å². The Balaban J connectivity index is 1.29. The van der Waals surface area contributed by atoms with Crippen LogP contribution in [0.4, 0.5) is 0 Å². The third-order valence-corrected chi connectivity index (χ3v) is 9.14. The minimum Gasteiger partial charge on any atom is -0.350 e. The molecule has 29 heavy (non-hydrogen) atoms. The second kappa shape index (κ2) is 8.74. The molecule has 0 radical (unpaired) electrons. The van der Waals surface area contributed by atoms with Gasteiger partial charge in [0.05, 0.1) is 12.2 Å². The summed E-state index contributed by atoms with van der Waals surface area (Å²) < 4.78 is 27.0. The summed E-state index contributed by atoms with van der Waals surface area (Å²) in [5.41, 5.74) is 1.90. The molecule has 1 aliphatic heterocycles. The molecule has 6 nitrogen and oxygen atoms in total. The lowest BCUT2D eigenvalue weighted by Gasteiger charge is -2.30. The van der Waals surface area contributed by atoms with Crippen molar-refractivity contribution in [2.24, 2.45) is 5.92 Å². The fraction of sp³-hybridized carbons (Fsp3) is 0.300. The molecule has 152 valence electrons. The highest BCUT2D eigenvalue weighted by molar-refractivity contribution is 7.91. The smallest absolute Gasteiger partial charge is 0.252 e. The molecule has 3 aromatic rings. The minimum atomic E-state index is -3.44. The quantitative estimate of drug-likeness (QED) is 0.626. The maximum absolute atomic E-state index is 12.6. The fourth-order valence-corrected chi connectivity index (χ4v) is 6.76. The summed E-state index contributed by atoms with van der Waals surface area (Å²) in [5.74, 6) is -0.204. The van der Waals surface area contributed by atoms with E-state index in [4.69, 9.17) is 0 Å². The van der Waals surface area contributed by atoms with Gasteiger partial charge in [-0.3, -0.25) is 4.79 Å². The number of thiophene rings is 1. The van der Waals surface area contributed by atoms with Crippen LogP contribution in [0.25, 0.3) is 10.6 Å². The number of aromatic nitrogens is 1. The lowest BCUT2D eigenvalue weighted by molar-refractivity contribution is -0.126. The van der Waals surface area contributed by atoms with Crippen LogP contribution in [0.15, 0.2) is 57.4 Å². The Kier molecular flexibility index (Phi) is 6.09. The average Bonchev–Trinajstić information content (AvgIpc) is 3.45. The molecule has 1 aromatic carbocycles. The molecule has 1 amide bonds. The first-order chi connectivity index (χ1) is 14.0. The Morgan fingerprint density at radius 2 is 1.86 bits per heavy atom. The van der Waals surface area contributed by atoms with Gasteiger partial charge in [0.25, 0.3) is 10.0 Å². The van der Waals surface area contributed by atoms with Crippen LogP contribution in [0.5, 0.6) is 0 Å². The number of thiazole rings is 1. The van der Waals surface area contributed by atoms with E-state index in [0.717, 1.165) is 16.3 Å². The monoisotopic (exact) mass is 447 g/mol. The van der Waals surface area contributed by atoms with Gasteiger partial charge >= 0.3 is 0 Å². The maximum Gasteiger partial charge on any atom is 0.252 e. The van der Waals surface area contributed by atoms with E-state index < -0.39 is 10.0 Å². The van der Waals surface area contributed by atoms with Gasteiger partial charge in [-0.05, 0) is 24.3 Å². The molecule has 1 fully saturated rings. The summed E-state index contributed by atoms with van der Waals surface area (Å²) in [4.78, 5) is 17.1. The summed E-state index contributed by atoms with van der Waals surface area (Å²) in [6, 6.07) is 13.3. The largest absolute Gasteiger partial charge is 0.350 e. The Bertz CT molecular complexity index is 1050. The molecule has 2 aromatic heterocycles. The number of carbonyl (C=O) groups is 1. The Morgan fingerprint density at radius 3 is 2.55 bits per heavy atom. The van der Waals surface area contributed by atoms with Crippen molar-refractivity contribution < 1.29 is 13.2 Å². The van der Waals surface area contributed by atoms with E-state index in [1.807, 2.05) is 35.7 Å². The van der Waals surface area contributed by atoms with E-state index in [2.05, 4.69) is 10.3 Å². The van der Waals surface area contributed by atoms with E-state index in [1.165, 1.54) is 15.6 Å².